The Kier molecular flexibility index (Phi) is 2.64. The van der Waals surface area contributed by atoms with Gasteiger partial charge in [-0.3, -0.25) is 0 Å². The second-order valence-corrected chi connectivity index (χ2v) is 3.29. The number of hydrogen-bond acceptors (Lipinski definition) is 3. The number of para-hydroxylation sites is 1. The molecule has 4 heteroatoms. The number of rotatable bonds is 3. The van der Waals surface area contributed by atoms with Gasteiger partial charge in [-0.25, -0.2) is 4.79 Å². The first kappa shape index (κ1) is 10.3. The number of carboxylic acid groups (broad SMARTS) is 1. The van der Waals surface area contributed by atoms with Gasteiger partial charge < -0.3 is 14.3 Å². The Hall–Kier alpha value is -2.23. The molecule has 16 heavy (non-hydrogen) atoms. The molecule has 0 spiro atoms. The Labute approximate surface area is 92.1 Å². The zero-order valence-corrected chi connectivity index (χ0v) is 8.64. The van der Waals surface area contributed by atoms with Crippen molar-refractivity contribution in [1.29, 1.82) is 0 Å². The van der Waals surface area contributed by atoms with Crippen molar-refractivity contribution in [3.05, 3.63) is 47.7 Å². The third-order valence-electron chi connectivity index (χ3n) is 2.10. The normalized spacial score (nSPS) is 10.1. The molecule has 2 rings (SSSR count). The standard InChI is InChI=1S/C12H10O4/c1-8-4-2-3-5-9(8)15-11-7-6-10(16-11)12(13)14/h2-7H,1H3,(H,13,14). The molecular formula is C12H10O4. The summed E-state index contributed by atoms with van der Waals surface area (Å²) in [5.74, 6) is -0.427. The van der Waals surface area contributed by atoms with Crippen LogP contribution >= 0.6 is 0 Å². The van der Waals surface area contributed by atoms with E-state index in [2.05, 4.69) is 0 Å². The molecule has 0 unspecified atom stereocenters. The van der Waals surface area contributed by atoms with Crippen molar-refractivity contribution >= 4 is 5.97 Å². The van der Waals surface area contributed by atoms with Crippen LogP contribution < -0.4 is 4.74 Å². The topological polar surface area (TPSA) is 59.7 Å². The number of aromatic carboxylic acids is 1. The highest BCUT2D eigenvalue weighted by Gasteiger charge is 2.10. The zero-order chi connectivity index (χ0) is 11.5. The fraction of sp³-hybridized carbons (Fsp3) is 0.0833. The van der Waals surface area contributed by atoms with Crippen LogP contribution in [0.25, 0.3) is 0 Å². The highest BCUT2D eigenvalue weighted by molar-refractivity contribution is 5.84. The van der Waals surface area contributed by atoms with E-state index in [1.54, 1.807) is 6.07 Å². The van der Waals surface area contributed by atoms with E-state index in [-0.39, 0.29) is 11.7 Å². The number of carboxylic acids is 1. The maximum atomic E-state index is 10.6. The lowest BCUT2D eigenvalue weighted by Crippen LogP contribution is -1.91. The predicted octanol–water partition coefficient (Wildman–Crippen LogP) is 3.08. The SMILES string of the molecule is Cc1ccccc1Oc1ccc(C(=O)O)o1. The van der Waals surface area contributed by atoms with Gasteiger partial charge in [0.15, 0.2) is 0 Å². The first-order chi connectivity index (χ1) is 7.66. The van der Waals surface area contributed by atoms with Gasteiger partial charge in [-0.15, -0.1) is 0 Å². The number of ether oxygens (including phenoxy) is 1. The highest BCUT2D eigenvalue weighted by Crippen LogP contribution is 2.26. The van der Waals surface area contributed by atoms with E-state index in [1.807, 2.05) is 25.1 Å². The summed E-state index contributed by atoms with van der Waals surface area (Å²) in [6, 6.07) is 10.3. The third-order valence-corrected chi connectivity index (χ3v) is 2.10. The Morgan fingerprint density at radius 1 is 1.25 bits per heavy atom. The van der Waals surface area contributed by atoms with Crippen LogP contribution in [0.15, 0.2) is 40.8 Å². The van der Waals surface area contributed by atoms with Crippen molar-refractivity contribution in [2.45, 2.75) is 6.92 Å². The van der Waals surface area contributed by atoms with E-state index >= 15 is 0 Å². The minimum Gasteiger partial charge on any atom is -0.475 e. The lowest BCUT2D eigenvalue weighted by atomic mass is 10.2. The first-order valence-electron chi connectivity index (χ1n) is 4.73. The molecule has 1 N–H and O–H groups in total. The van der Waals surface area contributed by atoms with E-state index in [0.29, 0.717) is 5.75 Å². The van der Waals surface area contributed by atoms with Gasteiger partial charge >= 0.3 is 5.97 Å². The summed E-state index contributed by atoms with van der Waals surface area (Å²) in [6.07, 6.45) is 0. The van der Waals surface area contributed by atoms with E-state index in [1.165, 1.54) is 12.1 Å². The van der Waals surface area contributed by atoms with Gasteiger partial charge in [0.05, 0.1) is 0 Å². The van der Waals surface area contributed by atoms with Crippen LogP contribution in [0.3, 0.4) is 0 Å². The molecule has 0 amide bonds. The number of carbonyl (C=O) groups is 1. The van der Waals surface area contributed by atoms with Gasteiger partial charge in [-0.05, 0) is 24.6 Å². The quantitative estimate of drug-likeness (QED) is 0.859. The van der Waals surface area contributed by atoms with Crippen LogP contribution in [-0.4, -0.2) is 11.1 Å². The van der Waals surface area contributed by atoms with Crippen molar-refractivity contribution in [2.24, 2.45) is 0 Å². The summed E-state index contributed by atoms with van der Waals surface area (Å²) in [5, 5.41) is 8.67. The molecule has 1 heterocycles. The largest absolute Gasteiger partial charge is 0.475 e. The van der Waals surface area contributed by atoms with Crippen molar-refractivity contribution in [1.82, 2.24) is 0 Å². The molecule has 82 valence electrons. The Morgan fingerprint density at radius 2 is 2.00 bits per heavy atom. The monoisotopic (exact) mass is 218 g/mol. The zero-order valence-electron chi connectivity index (χ0n) is 8.64. The molecule has 0 fully saturated rings. The van der Waals surface area contributed by atoms with Crippen LogP contribution in [0.4, 0.5) is 0 Å². The highest BCUT2D eigenvalue weighted by atomic mass is 16.6. The molecule has 0 saturated carbocycles. The molecule has 0 bridgehead atoms. The second kappa shape index (κ2) is 4.10. The average molecular weight is 218 g/mol. The van der Waals surface area contributed by atoms with Crippen molar-refractivity contribution in [2.75, 3.05) is 0 Å². The third kappa shape index (κ3) is 2.06. The van der Waals surface area contributed by atoms with E-state index in [4.69, 9.17) is 14.3 Å². The predicted molar refractivity (Wildman–Crippen MR) is 56.9 cm³/mol. The van der Waals surface area contributed by atoms with Crippen LogP contribution in [0.5, 0.6) is 11.7 Å². The smallest absolute Gasteiger partial charge is 0.371 e. The molecule has 2 aromatic rings. The van der Waals surface area contributed by atoms with Crippen molar-refractivity contribution < 1.29 is 19.1 Å². The van der Waals surface area contributed by atoms with E-state index < -0.39 is 5.97 Å². The fourth-order valence-corrected chi connectivity index (χ4v) is 1.27. The molecule has 0 atom stereocenters. The number of aryl methyl sites for hydroxylation is 1. The molecular weight excluding hydrogens is 208 g/mol. The van der Waals surface area contributed by atoms with E-state index in [9.17, 15) is 4.79 Å². The van der Waals surface area contributed by atoms with Gasteiger partial charge in [0, 0.05) is 6.07 Å². The minimum atomic E-state index is -1.11. The molecule has 0 aliphatic rings. The van der Waals surface area contributed by atoms with Crippen LogP contribution in [0.2, 0.25) is 0 Å². The molecule has 0 radical (unpaired) electrons. The Balaban J connectivity index is 2.21. The summed E-state index contributed by atoms with van der Waals surface area (Å²) in [4.78, 5) is 10.6. The summed E-state index contributed by atoms with van der Waals surface area (Å²) in [6.45, 7) is 1.90. The van der Waals surface area contributed by atoms with Gasteiger partial charge in [0.25, 0.3) is 5.95 Å². The minimum absolute atomic E-state index is 0.136. The van der Waals surface area contributed by atoms with Crippen LogP contribution in [0.1, 0.15) is 16.1 Å². The first-order valence-corrected chi connectivity index (χ1v) is 4.73. The molecule has 1 aromatic heterocycles. The van der Waals surface area contributed by atoms with Crippen molar-refractivity contribution in [3.8, 4) is 11.7 Å². The Bertz CT molecular complexity index is 513. The summed E-state index contributed by atoms with van der Waals surface area (Å²) >= 11 is 0. The maximum Gasteiger partial charge on any atom is 0.371 e. The lowest BCUT2D eigenvalue weighted by molar-refractivity contribution is 0.0657. The average Bonchev–Trinajstić information content (AvgIpc) is 2.70. The number of furan rings is 1. The number of benzene rings is 1. The summed E-state index contributed by atoms with van der Waals surface area (Å²) in [7, 11) is 0. The molecule has 0 aliphatic carbocycles. The second-order valence-electron chi connectivity index (χ2n) is 3.29. The van der Waals surface area contributed by atoms with Crippen molar-refractivity contribution in [3.63, 3.8) is 0 Å². The van der Waals surface area contributed by atoms with Gasteiger partial charge in [0.1, 0.15) is 5.75 Å². The van der Waals surface area contributed by atoms with Gasteiger partial charge in [-0.2, -0.15) is 0 Å². The molecule has 0 saturated heterocycles. The molecule has 4 nitrogen and oxygen atoms in total. The molecule has 1 aromatic carbocycles. The molecule has 0 aliphatic heterocycles. The van der Waals surface area contributed by atoms with Gasteiger partial charge in [-0.1, -0.05) is 18.2 Å². The Morgan fingerprint density at radius 3 is 2.62 bits per heavy atom. The van der Waals surface area contributed by atoms with Crippen LogP contribution in [0, 0.1) is 6.92 Å². The summed E-state index contributed by atoms with van der Waals surface area (Å²) < 4.78 is 10.4. The lowest BCUT2D eigenvalue weighted by Gasteiger charge is -2.04. The van der Waals surface area contributed by atoms with Crippen LogP contribution in [-0.2, 0) is 0 Å². The number of hydrogen-bond donors (Lipinski definition) is 1. The van der Waals surface area contributed by atoms with Gasteiger partial charge in [0.2, 0.25) is 5.76 Å². The fourth-order valence-electron chi connectivity index (χ4n) is 1.27. The van der Waals surface area contributed by atoms with E-state index in [0.717, 1.165) is 5.56 Å². The maximum absolute atomic E-state index is 10.6. The summed E-state index contributed by atoms with van der Waals surface area (Å²) in [5.41, 5.74) is 0.954.